The van der Waals surface area contributed by atoms with Gasteiger partial charge in [-0.05, 0) is 111 Å². The van der Waals surface area contributed by atoms with Crippen molar-refractivity contribution in [3.05, 3.63) is 205 Å². The van der Waals surface area contributed by atoms with Gasteiger partial charge >= 0.3 is 0 Å². The Bertz CT molecular complexity index is 2770. The predicted molar refractivity (Wildman–Crippen MR) is 224 cm³/mol. The maximum absolute atomic E-state index is 2.40. The number of hydrogen-bond donors (Lipinski definition) is 0. The summed E-state index contributed by atoms with van der Waals surface area (Å²) in [5.41, 5.74) is 17.2. The van der Waals surface area contributed by atoms with Gasteiger partial charge in [0.1, 0.15) is 0 Å². The van der Waals surface area contributed by atoms with Crippen molar-refractivity contribution in [1.82, 2.24) is 4.57 Å². The van der Waals surface area contributed by atoms with Crippen LogP contribution in [-0.4, -0.2) is 4.57 Å². The monoisotopic (exact) mass is 678 g/mol. The van der Waals surface area contributed by atoms with Gasteiger partial charge in [-0.15, -0.1) is 0 Å². The number of para-hydroxylation sites is 2. The van der Waals surface area contributed by atoms with Crippen LogP contribution in [0.25, 0.3) is 60.9 Å². The highest BCUT2D eigenvalue weighted by atomic mass is 15.1. The highest BCUT2D eigenvalue weighted by Crippen LogP contribution is 2.50. The van der Waals surface area contributed by atoms with Crippen LogP contribution in [0.5, 0.6) is 0 Å². The molecule has 0 aliphatic heterocycles. The second-order valence-electron chi connectivity index (χ2n) is 14.6. The molecule has 9 aromatic rings. The van der Waals surface area contributed by atoms with Crippen LogP contribution in [0.4, 0.5) is 17.1 Å². The molecule has 0 amide bonds. The van der Waals surface area contributed by atoms with Crippen LogP contribution in [0.15, 0.2) is 194 Å². The number of hydrogen-bond acceptors (Lipinski definition) is 1. The molecular weight excluding hydrogens is 641 g/mol. The Balaban J connectivity index is 1.03. The van der Waals surface area contributed by atoms with Gasteiger partial charge in [-0.3, -0.25) is 0 Å². The molecule has 0 radical (unpaired) electrons. The van der Waals surface area contributed by atoms with Crippen LogP contribution in [0.3, 0.4) is 0 Å². The van der Waals surface area contributed by atoms with Gasteiger partial charge < -0.3 is 9.47 Å². The molecule has 0 atom stereocenters. The van der Waals surface area contributed by atoms with Crippen LogP contribution in [0.1, 0.15) is 25.0 Å². The molecule has 1 heterocycles. The van der Waals surface area contributed by atoms with Crippen molar-refractivity contribution in [1.29, 1.82) is 0 Å². The molecule has 8 aromatic carbocycles. The van der Waals surface area contributed by atoms with Crippen molar-refractivity contribution in [3.63, 3.8) is 0 Å². The maximum Gasteiger partial charge on any atom is 0.0541 e. The minimum atomic E-state index is -0.0679. The molecule has 1 aliphatic rings. The minimum Gasteiger partial charge on any atom is -0.310 e. The molecule has 252 valence electrons. The third-order valence-corrected chi connectivity index (χ3v) is 11.2. The summed E-state index contributed by atoms with van der Waals surface area (Å²) >= 11 is 0. The summed E-state index contributed by atoms with van der Waals surface area (Å²) in [6, 6.07) is 70.7. The molecule has 1 aromatic heterocycles. The average molecular weight is 679 g/mol. The lowest BCUT2D eigenvalue weighted by atomic mass is 9.82. The van der Waals surface area contributed by atoms with Crippen molar-refractivity contribution in [2.45, 2.75) is 19.3 Å². The van der Waals surface area contributed by atoms with Gasteiger partial charge in [-0.25, -0.2) is 0 Å². The Morgan fingerprint density at radius 2 is 0.925 bits per heavy atom. The van der Waals surface area contributed by atoms with Crippen molar-refractivity contribution in [2.24, 2.45) is 0 Å². The third-order valence-electron chi connectivity index (χ3n) is 11.2. The summed E-state index contributed by atoms with van der Waals surface area (Å²) in [4.78, 5) is 2.38. The van der Waals surface area contributed by atoms with Gasteiger partial charge in [-0.2, -0.15) is 0 Å². The molecule has 53 heavy (non-hydrogen) atoms. The summed E-state index contributed by atoms with van der Waals surface area (Å²) in [7, 11) is 0. The van der Waals surface area contributed by atoms with E-state index in [-0.39, 0.29) is 5.41 Å². The summed E-state index contributed by atoms with van der Waals surface area (Å²) in [5.74, 6) is 0. The fourth-order valence-corrected chi connectivity index (χ4v) is 8.52. The quantitative estimate of drug-likeness (QED) is 0.170. The second kappa shape index (κ2) is 12.3. The first-order chi connectivity index (χ1) is 26.0. The van der Waals surface area contributed by atoms with E-state index in [1.54, 1.807) is 0 Å². The first-order valence-corrected chi connectivity index (χ1v) is 18.4. The Kier molecular flexibility index (Phi) is 7.19. The van der Waals surface area contributed by atoms with E-state index in [9.17, 15) is 0 Å². The van der Waals surface area contributed by atoms with Crippen LogP contribution < -0.4 is 4.90 Å². The Morgan fingerprint density at radius 1 is 0.377 bits per heavy atom. The largest absolute Gasteiger partial charge is 0.310 e. The van der Waals surface area contributed by atoms with Crippen molar-refractivity contribution < 1.29 is 0 Å². The van der Waals surface area contributed by atoms with E-state index in [1.807, 2.05) is 0 Å². The smallest absolute Gasteiger partial charge is 0.0541 e. The average Bonchev–Trinajstić information content (AvgIpc) is 3.67. The van der Waals surface area contributed by atoms with E-state index in [4.69, 9.17) is 0 Å². The molecule has 10 rings (SSSR count). The normalized spacial score (nSPS) is 12.9. The number of aromatic nitrogens is 1. The van der Waals surface area contributed by atoms with Gasteiger partial charge in [0.2, 0.25) is 0 Å². The number of benzene rings is 8. The fourth-order valence-electron chi connectivity index (χ4n) is 8.52. The number of anilines is 3. The Hall–Kier alpha value is -6.64. The van der Waals surface area contributed by atoms with E-state index >= 15 is 0 Å². The first-order valence-electron chi connectivity index (χ1n) is 18.4. The van der Waals surface area contributed by atoms with Gasteiger partial charge in [-0.1, -0.05) is 141 Å². The zero-order chi connectivity index (χ0) is 35.5. The van der Waals surface area contributed by atoms with Gasteiger partial charge in [0.25, 0.3) is 0 Å². The second-order valence-corrected chi connectivity index (χ2v) is 14.6. The molecule has 0 fully saturated rings. The molecule has 1 aliphatic carbocycles. The molecule has 0 saturated heterocycles. The maximum atomic E-state index is 2.40. The molecule has 0 saturated carbocycles. The molecule has 0 unspecified atom stereocenters. The minimum absolute atomic E-state index is 0.0679. The number of rotatable bonds is 6. The van der Waals surface area contributed by atoms with Crippen molar-refractivity contribution in [2.75, 3.05) is 4.90 Å². The highest BCUT2D eigenvalue weighted by molar-refractivity contribution is 6.10. The molecule has 0 bridgehead atoms. The summed E-state index contributed by atoms with van der Waals surface area (Å²) in [6.07, 6.45) is 0. The van der Waals surface area contributed by atoms with Gasteiger partial charge in [0.15, 0.2) is 0 Å². The standard InChI is InChI=1S/C51H38N2/c1-51(2)47-19-11-9-17-43(47)44-31-30-42(34-48(44)51)52(39-15-7-4-8-16-39)40-26-23-37(24-27-40)38-25-32-50-46(33-38)45-18-10-12-20-49(45)53(50)41-28-21-36(22-29-41)35-13-5-3-6-14-35/h3-34H,1-2H3. The molecule has 2 heteroatoms. The van der Waals surface area contributed by atoms with Crippen molar-refractivity contribution in [3.8, 4) is 39.1 Å². The third kappa shape index (κ3) is 5.10. The zero-order valence-corrected chi connectivity index (χ0v) is 29.9. The first kappa shape index (κ1) is 31.1. The van der Waals surface area contributed by atoms with Gasteiger partial charge in [0.05, 0.1) is 11.0 Å². The van der Waals surface area contributed by atoms with E-state index in [0.717, 1.165) is 22.7 Å². The predicted octanol–water partition coefficient (Wildman–Crippen LogP) is 13.9. The fraction of sp³-hybridized carbons (Fsp3) is 0.0588. The molecular formula is C51H38N2. The van der Waals surface area contributed by atoms with E-state index in [0.29, 0.717) is 0 Å². The summed E-state index contributed by atoms with van der Waals surface area (Å²) in [6.45, 7) is 4.69. The molecule has 0 N–H and O–H groups in total. The van der Waals surface area contributed by atoms with Crippen molar-refractivity contribution >= 4 is 38.9 Å². The lowest BCUT2D eigenvalue weighted by Gasteiger charge is -2.28. The zero-order valence-electron chi connectivity index (χ0n) is 29.9. The Labute approximate surface area is 310 Å². The summed E-state index contributed by atoms with van der Waals surface area (Å²) in [5, 5.41) is 2.51. The van der Waals surface area contributed by atoms with Gasteiger partial charge in [0, 0.05) is 38.9 Å². The number of nitrogens with zero attached hydrogens (tertiary/aromatic N) is 2. The summed E-state index contributed by atoms with van der Waals surface area (Å²) < 4.78 is 2.39. The Morgan fingerprint density at radius 3 is 1.72 bits per heavy atom. The van der Waals surface area contributed by atoms with E-state index in [1.165, 1.54) is 66.3 Å². The highest BCUT2D eigenvalue weighted by Gasteiger charge is 2.35. The molecule has 0 spiro atoms. The number of fused-ring (bicyclic) bond motifs is 6. The van der Waals surface area contributed by atoms with Crippen LogP contribution in [-0.2, 0) is 5.41 Å². The SMILES string of the molecule is CC1(C)c2ccccc2-c2ccc(N(c3ccccc3)c3ccc(-c4ccc5c(c4)c4ccccc4n5-c4ccc(-c5ccccc5)cc4)cc3)cc21. The van der Waals surface area contributed by atoms with E-state index in [2.05, 4.69) is 217 Å². The van der Waals surface area contributed by atoms with Crippen LogP contribution >= 0.6 is 0 Å². The molecule has 2 nitrogen and oxygen atoms in total. The van der Waals surface area contributed by atoms with Crippen LogP contribution in [0.2, 0.25) is 0 Å². The lowest BCUT2D eigenvalue weighted by molar-refractivity contribution is 0.660. The van der Waals surface area contributed by atoms with E-state index < -0.39 is 0 Å². The topological polar surface area (TPSA) is 8.17 Å². The lowest BCUT2D eigenvalue weighted by Crippen LogP contribution is -2.16. The van der Waals surface area contributed by atoms with Crippen LogP contribution in [0, 0.1) is 0 Å².